The maximum absolute atomic E-state index is 12.5. The van der Waals surface area contributed by atoms with Gasteiger partial charge in [-0.05, 0) is 74.5 Å². The van der Waals surface area contributed by atoms with Crippen molar-refractivity contribution in [2.45, 2.75) is 20.3 Å². The molecule has 8 nitrogen and oxygen atoms in total. The molecule has 37 heavy (non-hydrogen) atoms. The Labute approximate surface area is 214 Å². The van der Waals surface area contributed by atoms with Crippen LogP contribution in [0.5, 0.6) is 11.5 Å². The van der Waals surface area contributed by atoms with Gasteiger partial charge in [0.25, 0.3) is 0 Å². The Hall–Kier alpha value is -4.46. The van der Waals surface area contributed by atoms with E-state index >= 15 is 0 Å². The summed E-state index contributed by atoms with van der Waals surface area (Å²) in [6.07, 6.45) is 0.0152. The van der Waals surface area contributed by atoms with Crippen molar-refractivity contribution >= 4 is 29.3 Å². The van der Waals surface area contributed by atoms with Crippen molar-refractivity contribution < 1.29 is 33.4 Å². The van der Waals surface area contributed by atoms with Crippen LogP contribution in [0.1, 0.15) is 39.6 Å². The number of amides is 1. The van der Waals surface area contributed by atoms with E-state index in [1.807, 2.05) is 26.0 Å². The fraction of sp³-hybridized carbons (Fsp3) is 0.241. The lowest BCUT2D eigenvalue weighted by Gasteiger charge is -2.17. The largest absolute Gasteiger partial charge is 0.494 e. The summed E-state index contributed by atoms with van der Waals surface area (Å²) in [6.45, 7) is 4.09. The van der Waals surface area contributed by atoms with Gasteiger partial charge < -0.3 is 19.1 Å². The van der Waals surface area contributed by atoms with E-state index in [2.05, 4.69) is 0 Å². The fourth-order valence-electron chi connectivity index (χ4n) is 3.91. The summed E-state index contributed by atoms with van der Waals surface area (Å²) in [5.41, 5.74) is 2.43. The highest BCUT2D eigenvalue weighted by Gasteiger charge is 2.36. The van der Waals surface area contributed by atoms with Crippen LogP contribution in [0.2, 0.25) is 0 Å². The second kappa shape index (κ2) is 11.5. The number of ether oxygens (including phenoxy) is 3. The van der Waals surface area contributed by atoms with Gasteiger partial charge in [-0.1, -0.05) is 17.7 Å². The van der Waals surface area contributed by atoms with Gasteiger partial charge in [0, 0.05) is 24.2 Å². The topological polar surface area (TPSA) is 99.2 Å². The molecule has 0 saturated carbocycles. The molecule has 0 unspecified atom stereocenters. The lowest BCUT2D eigenvalue weighted by atomic mass is 10.1. The molecule has 1 fully saturated rings. The Bertz CT molecular complexity index is 1280. The van der Waals surface area contributed by atoms with Crippen LogP contribution < -0.4 is 14.4 Å². The average molecular weight is 502 g/mol. The third-order valence-electron chi connectivity index (χ3n) is 5.94. The maximum atomic E-state index is 12.5. The van der Waals surface area contributed by atoms with Crippen molar-refractivity contribution in [3.63, 3.8) is 0 Å². The number of carbonyl (C=O) groups excluding carboxylic acids is 4. The molecular formula is C29H27NO7. The zero-order valence-corrected chi connectivity index (χ0v) is 20.6. The minimum Gasteiger partial charge on any atom is -0.494 e. The number of Topliss-reactive ketones (excluding diaryl/α,β-unsaturated/α-hetero) is 1. The van der Waals surface area contributed by atoms with Crippen LogP contribution in [0.15, 0.2) is 72.8 Å². The molecule has 1 amide bonds. The Kier molecular flexibility index (Phi) is 7.98. The van der Waals surface area contributed by atoms with E-state index in [1.54, 1.807) is 36.4 Å². The van der Waals surface area contributed by atoms with Crippen LogP contribution in [0.3, 0.4) is 0 Å². The van der Waals surface area contributed by atoms with Gasteiger partial charge in [0.15, 0.2) is 12.4 Å². The number of carbonyl (C=O) groups is 4. The number of ketones is 1. The minimum atomic E-state index is -0.657. The third-order valence-corrected chi connectivity index (χ3v) is 5.94. The molecule has 1 saturated heterocycles. The fourth-order valence-corrected chi connectivity index (χ4v) is 3.91. The van der Waals surface area contributed by atoms with Crippen molar-refractivity contribution in [3.8, 4) is 11.5 Å². The first-order valence-electron chi connectivity index (χ1n) is 12.0. The van der Waals surface area contributed by atoms with Gasteiger partial charge in [-0.25, -0.2) is 4.79 Å². The molecule has 1 atom stereocenters. The standard InChI is InChI=1S/C29H27NO7/c1-3-35-24-14-10-23(11-15-24)30-17-22(16-27(30)32)28(33)36-18-26(31)20-8-12-25(13-9-20)37-29(34)21-6-4-19(2)5-7-21/h4-15,22H,3,16-18H2,1-2H3/t22-/m1/s1. The summed E-state index contributed by atoms with van der Waals surface area (Å²) in [5.74, 6) is -1.36. The van der Waals surface area contributed by atoms with Crippen LogP contribution in [0, 0.1) is 12.8 Å². The molecule has 4 rings (SSSR count). The Morgan fingerprint density at radius 1 is 0.865 bits per heavy atom. The molecule has 3 aromatic carbocycles. The van der Waals surface area contributed by atoms with E-state index in [0.717, 1.165) is 5.56 Å². The van der Waals surface area contributed by atoms with Crippen LogP contribution in [-0.4, -0.2) is 43.4 Å². The van der Waals surface area contributed by atoms with Gasteiger partial charge in [0.2, 0.25) is 5.91 Å². The van der Waals surface area contributed by atoms with E-state index < -0.39 is 30.2 Å². The third kappa shape index (κ3) is 6.41. The molecule has 3 aromatic rings. The highest BCUT2D eigenvalue weighted by atomic mass is 16.5. The molecule has 0 aromatic heterocycles. The SMILES string of the molecule is CCOc1ccc(N2C[C@H](C(=O)OCC(=O)c3ccc(OC(=O)c4ccc(C)cc4)cc3)CC2=O)cc1. The van der Waals surface area contributed by atoms with E-state index in [4.69, 9.17) is 14.2 Å². The average Bonchev–Trinajstić information content (AvgIpc) is 3.30. The Morgan fingerprint density at radius 2 is 1.49 bits per heavy atom. The number of hydrogen-bond donors (Lipinski definition) is 0. The van der Waals surface area contributed by atoms with Gasteiger partial charge in [-0.3, -0.25) is 14.4 Å². The summed E-state index contributed by atoms with van der Waals surface area (Å²) < 4.78 is 16.0. The molecule has 0 spiro atoms. The van der Waals surface area contributed by atoms with Crippen LogP contribution >= 0.6 is 0 Å². The summed E-state index contributed by atoms with van der Waals surface area (Å²) >= 11 is 0. The molecule has 1 aliphatic rings. The van der Waals surface area contributed by atoms with Crippen molar-refractivity contribution in [3.05, 3.63) is 89.5 Å². The zero-order chi connectivity index (χ0) is 26.4. The number of benzene rings is 3. The Morgan fingerprint density at radius 3 is 2.14 bits per heavy atom. The first-order chi connectivity index (χ1) is 17.8. The summed E-state index contributed by atoms with van der Waals surface area (Å²) in [6, 6.07) is 20.1. The summed E-state index contributed by atoms with van der Waals surface area (Å²) in [5, 5.41) is 0. The summed E-state index contributed by atoms with van der Waals surface area (Å²) in [4.78, 5) is 51.3. The monoisotopic (exact) mass is 501 g/mol. The number of nitrogens with zero attached hydrogens (tertiary/aromatic N) is 1. The molecule has 0 radical (unpaired) electrons. The van der Waals surface area contributed by atoms with Crippen molar-refractivity contribution in [1.29, 1.82) is 0 Å². The second-order valence-corrected chi connectivity index (χ2v) is 8.64. The number of anilines is 1. The normalized spacial score (nSPS) is 14.8. The van der Waals surface area contributed by atoms with Crippen molar-refractivity contribution in [2.75, 3.05) is 24.7 Å². The van der Waals surface area contributed by atoms with Gasteiger partial charge in [0.1, 0.15) is 11.5 Å². The first kappa shape index (κ1) is 25.6. The van der Waals surface area contributed by atoms with E-state index in [0.29, 0.717) is 29.2 Å². The zero-order valence-electron chi connectivity index (χ0n) is 20.6. The quantitative estimate of drug-likeness (QED) is 0.244. The number of hydrogen-bond acceptors (Lipinski definition) is 7. The second-order valence-electron chi connectivity index (χ2n) is 8.64. The number of esters is 2. The predicted molar refractivity (Wildman–Crippen MR) is 136 cm³/mol. The first-order valence-corrected chi connectivity index (χ1v) is 12.0. The maximum Gasteiger partial charge on any atom is 0.343 e. The molecule has 1 heterocycles. The summed E-state index contributed by atoms with van der Waals surface area (Å²) in [7, 11) is 0. The molecule has 0 aliphatic carbocycles. The van der Waals surface area contributed by atoms with E-state index in [1.165, 1.54) is 29.2 Å². The highest BCUT2D eigenvalue weighted by Crippen LogP contribution is 2.27. The molecule has 1 aliphatic heterocycles. The molecule has 0 N–H and O–H groups in total. The lowest BCUT2D eigenvalue weighted by Crippen LogP contribution is -2.27. The van der Waals surface area contributed by atoms with E-state index in [9.17, 15) is 19.2 Å². The molecular weight excluding hydrogens is 474 g/mol. The van der Waals surface area contributed by atoms with E-state index in [-0.39, 0.29) is 24.6 Å². The van der Waals surface area contributed by atoms with Gasteiger partial charge in [0.05, 0.1) is 18.1 Å². The van der Waals surface area contributed by atoms with Gasteiger partial charge >= 0.3 is 11.9 Å². The number of rotatable bonds is 9. The van der Waals surface area contributed by atoms with Crippen LogP contribution in [0.25, 0.3) is 0 Å². The highest BCUT2D eigenvalue weighted by molar-refractivity contribution is 6.01. The minimum absolute atomic E-state index is 0.0152. The van der Waals surface area contributed by atoms with Crippen LogP contribution in [-0.2, 0) is 14.3 Å². The predicted octanol–water partition coefficient (Wildman–Crippen LogP) is 4.39. The lowest BCUT2D eigenvalue weighted by molar-refractivity contribution is -0.147. The molecule has 0 bridgehead atoms. The Balaban J connectivity index is 1.27. The van der Waals surface area contributed by atoms with Crippen molar-refractivity contribution in [1.82, 2.24) is 0 Å². The van der Waals surface area contributed by atoms with Gasteiger partial charge in [-0.15, -0.1) is 0 Å². The van der Waals surface area contributed by atoms with Crippen molar-refractivity contribution in [2.24, 2.45) is 5.92 Å². The van der Waals surface area contributed by atoms with Gasteiger partial charge in [-0.2, -0.15) is 0 Å². The molecule has 8 heteroatoms. The number of aryl methyl sites for hydroxylation is 1. The smallest absolute Gasteiger partial charge is 0.343 e. The van der Waals surface area contributed by atoms with Crippen LogP contribution in [0.4, 0.5) is 5.69 Å². The molecule has 190 valence electrons.